The van der Waals surface area contributed by atoms with Crippen molar-refractivity contribution in [2.75, 3.05) is 13.6 Å². The van der Waals surface area contributed by atoms with Crippen LogP contribution in [0.25, 0.3) is 0 Å². The number of carboxylic acid groups (broad SMARTS) is 1. The fourth-order valence-electron chi connectivity index (χ4n) is 4.30. The van der Waals surface area contributed by atoms with Crippen LogP contribution in [-0.2, 0) is 14.4 Å². The minimum absolute atomic E-state index is 0.0231. The molecule has 0 aliphatic heterocycles. The second-order valence-electron chi connectivity index (χ2n) is 8.39. The molecule has 2 aliphatic rings. The molecular weight excluding hydrogens is 390 g/mol. The summed E-state index contributed by atoms with van der Waals surface area (Å²) in [7, 11) is 1.68. The van der Waals surface area contributed by atoms with Crippen molar-refractivity contribution in [3.8, 4) is 0 Å². The first-order valence-corrected chi connectivity index (χ1v) is 10.7. The van der Waals surface area contributed by atoms with Crippen molar-refractivity contribution in [3.05, 3.63) is 11.8 Å². The van der Waals surface area contributed by atoms with Gasteiger partial charge in [0, 0.05) is 19.1 Å². The lowest BCUT2D eigenvalue weighted by atomic mass is 9.87. The number of aliphatic hydroxyl groups excluding tert-OH is 1. The number of rotatable bonds is 6. The molecule has 30 heavy (non-hydrogen) atoms. The van der Waals surface area contributed by atoms with Crippen LogP contribution in [0.15, 0.2) is 11.8 Å². The molecule has 0 saturated heterocycles. The fraction of sp³-hybridized carbons (Fsp3) is 0.714. The topological polar surface area (TPSA) is 127 Å². The number of imide groups is 1. The molecule has 0 unspecified atom stereocenters. The lowest BCUT2D eigenvalue weighted by molar-refractivity contribution is -0.138. The molecule has 0 radical (unpaired) electrons. The lowest BCUT2D eigenvalue weighted by Crippen LogP contribution is -2.55. The normalized spacial score (nSPS) is 22.8. The van der Waals surface area contributed by atoms with Crippen molar-refractivity contribution in [1.82, 2.24) is 15.1 Å². The number of hydrogen-bond acceptors (Lipinski definition) is 5. The Labute approximate surface area is 177 Å². The standard InChI is InChI=1S/C21H33N3O6/c1-14-8-10-15(11-9-14)23(2)21(30)24(16-6-4-3-5-7-16)20(29)17(13-25)19(28)22-12-18(26)27/h13-16,25H,3-12H2,1-2H3,(H,22,28)(H,26,27). The summed E-state index contributed by atoms with van der Waals surface area (Å²) in [6, 6.07) is -0.808. The summed E-state index contributed by atoms with van der Waals surface area (Å²) in [6.07, 6.45) is 8.14. The van der Waals surface area contributed by atoms with E-state index in [9.17, 15) is 24.3 Å². The second-order valence-corrected chi connectivity index (χ2v) is 8.39. The van der Waals surface area contributed by atoms with Crippen LogP contribution < -0.4 is 5.32 Å². The highest BCUT2D eigenvalue weighted by Gasteiger charge is 2.38. The Morgan fingerprint density at radius 2 is 1.57 bits per heavy atom. The number of nitrogens with one attached hydrogen (secondary N) is 1. The number of hydrogen-bond donors (Lipinski definition) is 3. The first kappa shape index (κ1) is 23.7. The molecule has 2 fully saturated rings. The van der Waals surface area contributed by atoms with E-state index in [1.165, 1.54) is 0 Å². The van der Waals surface area contributed by atoms with Crippen LogP contribution >= 0.6 is 0 Å². The van der Waals surface area contributed by atoms with Gasteiger partial charge in [-0.05, 0) is 44.4 Å². The maximum Gasteiger partial charge on any atom is 0.327 e. The van der Waals surface area contributed by atoms with Crippen molar-refractivity contribution in [3.63, 3.8) is 0 Å². The molecule has 2 rings (SSSR count). The van der Waals surface area contributed by atoms with Crippen LogP contribution in [0.2, 0.25) is 0 Å². The summed E-state index contributed by atoms with van der Waals surface area (Å²) < 4.78 is 0. The molecule has 0 aromatic rings. The molecule has 0 aromatic heterocycles. The molecule has 0 bridgehead atoms. The van der Waals surface area contributed by atoms with Crippen LogP contribution in [0.5, 0.6) is 0 Å². The predicted molar refractivity (Wildman–Crippen MR) is 110 cm³/mol. The monoisotopic (exact) mass is 423 g/mol. The Kier molecular flexibility index (Phi) is 8.68. The van der Waals surface area contributed by atoms with Crippen LogP contribution in [0.1, 0.15) is 64.7 Å². The summed E-state index contributed by atoms with van der Waals surface area (Å²) in [4.78, 5) is 52.2. The van der Waals surface area contributed by atoms with Gasteiger partial charge in [0.2, 0.25) is 0 Å². The van der Waals surface area contributed by atoms with Gasteiger partial charge in [-0.1, -0.05) is 26.2 Å². The smallest absolute Gasteiger partial charge is 0.327 e. The van der Waals surface area contributed by atoms with E-state index in [-0.39, 0.29) is 12.1 Å². The van der Waals surface area contributed by atoms with Crippen molar-refractivity contribution >= 4 is 23.8 Å². The Hall–Kier alpha value is -2.58. The highest BCUT2D eigenvalue weighted by Crippen LogP contribution is 2.29. The Balaban J connectivity index is 2.22. The van der Waals surface area contributed by atoms with E-state index in [1.54, 1.807) is 11.9 Å². The summed E-state index contributed by atoms with van der Waals surface area (Å²) in [5.41, 5.74) is -0.638. The molecule has 0 aromatic carbocycles. The van der Waals surface area contributed by atoms with E-state index >= 15 is 0 Å². The van der Waals surface area contributed by atoms with Gasteiger partial charge >= 0.3 is 12.0 Å². The van der Waals surface area contributed by atoms with Crippen molar-refractivity contribution in [1.29, 1.82) is 0 Å². The van der Waals surface area contributed by atoms with Gasteiger partial charge in [-0.15, -0.1) is 0 Å². The first-order valence-electron chi connectivity index (χ1n) is 10.7. The Morgan fingerprint density at radius 1 is 0.967 bits per heavy atom. The fourth-order valence-corrected chi connectivity index (χ4v) is 4.30. The molecule has 2 aliphatic carbocycles. The van der Waals surface area contributed by atoms with E-state index in [0.717, 1.165) is 49.8 Å². The van der Waals surface area contributed by atoms with Gasteiger partial charge in [0.1, 0.15) is 12.1 Å². The highest BCUT2D eigenvalue weighted by atomic mass is 16.4. The van der Waals surface area contributed by atoms with E-state index in [2.05, 4.69) is 12.2 Å². The summed E-state index contributed by atoms with van der Waals surface area (Å²) in [5.74, 6) is -2.58. The Bertz CT molecular complexity index is 678. The third-order valence-electron chi connectivity index (χ3n) is 6.20. The quantitative estimate of drug-likeness (QED) is 0.261. The predicted octanol–water partition coefficient (Wildman–Crippen LogP) is 2.42. The number of amides is 4. The van der Waals surface area contributed by atoms with Gasteiger partial charge in [-0.3, -0.25) is 19.3 Å². The number of carbonyl (C=O) groups is 4. The number of aliphatic carboxylic acids is 1. The molecule has 3 N–H and O–H groups in total. The van der Waals surface area contributed by atoms with Gasteiger partial charge in [-0.25, -0.2) is 4.79 Å². The zero-order valence-corrected chi connectivity index (χ0v) is 17.8. The average Bonchev–Trinajstić information content (AvgIpc) is 2.73. The number of nitrogens with zero attached hydrogens (tertiary/aromatic N) is 2. The maximum absolute atomic E-state index is 13.4. The summed E-state index contributed by atoms with van der Waals surface area (Å²) in [6.45, 7) is 1.49. The van der Waals surface area contributed by atoms with E-state index in [1.807, 2.05) is 0 Å². The zero-order valence-electron chi connectivity index (χ0n) is 17.8. The van der Waals surface area contributed by atoms with Crippen molar-refractivity contribution in [2.24, 2.45) is 5.92 Å². The zero-order chi connectivity index (χ0) is 22.3. The molecule has 4 amide bonds. The van der Waals surface area contributed by atoms with Crippen LogP contribution in [-0.4, -0.2) is 69.5 Å². The number of carbonyl (C=O) groups excluding carboxylic acids is 3. The van der Waals surface area contributed by atoms with Gasteiger partial charge in [0.15, 0.2) is 0 Å². The summed E-state index contributed by atoms with van der Waals surface area (Å²) in [5, 5.41) is 20.3. The highest BCUT2D eigenvalue weighted by molar-refractivity contribution is 6.21. The molecule has 9 heteroatoms. The molecular formula is C21H33N3O6. The Morgan fingerprint density at radius 3 is 2.10 bits per heavy atom. The SMILES string of the molecule is CC1CCC(N(C)C(=O)N(C(=O)C(=CO)C(=O)NCC(=O)O)C2CCCCC2)CC1. The molecule has 0 spiro atoms. The second kappa shape index (κ2) is 11.0. The average molecular weight is 424 g/mol. The van der Waals surface area contributed by atoms with Gasteiger partial charge in [-0.2, -0.15) is 0 Å². The van der Waals surface area contributed by atoms with E-state index < -0.39 is 35.9 Å². The maximum atomic E-state index is 13.4. The number of aliphatic hydroxyl groups is 1. The van der Waals surface area contributed by atoms with Crippen molar-refractivity contribution in [2.45, 2.75) is 76.8 Å². The molecule has 2 saturated carbocycles. The van der Waals surface area contributed by atoms with Crippen LogP contribution in [0.4, 0.5) is 4.79 Å². The molecule has 0 atom stereocenters. The lowest BCUT2D eigenvalue weighted by Gasteiger charge is -2.39. The van der Waals surface area contributed by atoms with E-state index in [4.69, 9.17) is 5.11 Å². The van der Waals surface area contributed by atoms with Gasteiger partial charge in [0.05, 0.1) is 6.26 Å². The summed E-state index contributed by atoms with van der Waals surface area (Å²) >= 11 is 0. The minimum atomic E-state index is -1.28. The van der Waals surface area contributed by atoms with Crippen LogP contribution in [0, 0.1) is 5.92 Å². The van der Waals surface area contributed by atoms with Gasteiger partial charge in [0.25, 0.3) is 11.8 Å². The largest absolute Gasteiger partial charge is 0.515 e. The van der Waals surface area contributed by atoms with Crippen LogP contribution in [0.3, 0.4) is 0 Å². The molecule has 9 nitrogen and oxygen atoms in total. The molecule has 168 valence electrons. The third kappa shape index (κ3) is 5.96. The minimum Gasteiger partial charge on any atom is -0.515 e. The van der Waals surface area contributed by atoms with Crippen molar-refractivity contribution < 1.29 is 29.4 Å². The van der Waals surface area contributed by atoms with E-state index in [0.29, 0.717) is 25.0 Å². The number of carboxylic acids is 1. The number of urea groups is 1. The molecule has 0 heterocycles. The first-order chi connectivity index (χ1) is 14.3. The van der Waals surface area contributed by atoms with Gasteiger partial charge < -0.3 is 20.4 Å². The third-order valence-corrected chi connectivity index (χ3v) is 6.20.